The summed E-state index contributed by atoms with van der Waals surface area (Å²) >= 11 is 3.43. The Morgan fingerprint density at radius 2 is 1.50 bits per heavy atom. The molecule has 0 bridgehead atoms. The minimum Gasteiger partial charge on any atom is -0.379 e. The van der Waals surface area contributed by atoms with Gasteiger partial charge in [0.1, 0.15) is 4.47 Å². The Bertz CT molecular complexity index is 1790. The third kappa shape index (κ3) is 7.30. The number of nitrogens with zero attached hydrogens (tertiary/aromatic N) is 4. The van der Waals surface area contributed by atoms with Crippen LogP contribution < -0.4 is 16.2 Å². The number of piperidine rings is 3. The quantitative estimate of drug-likeness (QED) is 0.319. The normalized spacial score (nSPS) is 24.6. The molecule has 1 spiro atoms. The van der Waals surface area contributed by atoms with Gasteiger partial charge in [-0.05, 0) is 120 Å². The number of nitrogens with one attached hydrogen (secondary N) is 2. The Kier molecular flexibility index (Phi) is 9.98. The fourth-order valence-electron chi connectivity index (χ4n) is 8.84. The molecule has 7 rings (SSSR count). The molecule has 3 atom stereocenters. The molecule has 0 radical (unpaired) electrons. The van der Waals surface area contributed by atoms with Crippen LogP contribution in [0.5, 0.6) is 0 Å². The van der Waals surface area contributed by atoms with E-state index in [0.29, 0.717) is 40.3 Å². The van der Waals surface area contributed by atoms with Crippen LogP contribution in [-0.4, -0.2) is 76.6 Å². The van der Waals surface area contributed by atoms with Gasteiger partial charge in [-0.2, -0.15) is 5.10 Å². The molecule has 1 aromatic heterocycles. The van der Waals surface area contributed by atoms with Gasteiger partial charge in [0.25, 0.3) is 11.5 Å². The number of hydrogen-bond donors (Lipinski definition) is 2. The molecule has 1 aliphatic carbocycles. The lowest BCUT2D eigenvalue weighted by Gasteiger charge is -2.46. The van der Waals surface area contributed by atoms with Crippen LogP contribution in [0.2, 0.25) is 0 Å². The minimum atomic E-state index is -0.238. The first-order chi connectivity index (χ1) is 24.1. The summed E-state index contributed by atoms with van der Waals surface area (Å²) in [7, 11) is 3.76. The van der Waals surface area contributed by atoms with Gasteiger partial charge >= 0.3 is 0 Å². The Labute approximate surface area is 302 Å². The number of benzene rings is 2. The van der Waals surface area contributed by atoms with Crippen molar-refractivity contribution in [1.82, 2.24) is 24.9 Å². The van der Waals surface area contributed by atoms with E-state index in [9.17, 15) is 19.2 Å². The predicted molar refractivity (Wildman–Crippen MR) is 196 cm³/mol. The van der Waals surface area contributed by atoms with Crippen molar-refractivity contribution >= 4 is 39.3 Å². The average molecular weight is 744 g/mol. The van der Waals surface area contributed by atoms with Crippen LogP contribution in [-0.2, 0) is 16.6 Å². The van der Waals surface area contributed by atoms with Crippen LogP contribution in [0.3, 0.4) is 0 Å². The zero-order chi connectivity index (χ0) is 35.0. The lowest BCUT2D eigenvalue weighted by Crippen LogP contribution is -2.44. The number of carbonyl (C=O) groups excluding carboxylic acids is 3. The molecular weight excluding hydrogens is 696 g/mol. The van der Waals surface area contributed by atoms with Crippen molar-refractivity contribution in [2.45, 2.75) is 81.6 Å². The molecule has 3 saturated heterocycles. The van der Waals surface area contributed by atoms with Gasteiger partial charge in [0.2, 0.25) is 11.8 Å². The first kappa shape index (κ1) is 34.6. The van der Waals surface area contributed by atoms with Crippen LogP contribution >= 0.6 is 15.9 Å². The number of carbonyl (C=O) groups is 3. The van der Waals surface area contributed by atoms with Crippen molar-refractivity contribution < 1.29 is 14.4 Å². The standard InChI is InChI=1S/C39H47BrN6O4/c1-44-23-30(21-31(24-44)42-33-22-41-45(2)38(50)35(33)40)26-5-9-29(10-6-26)37(49)46-19-17-39(18-20-46)15-13-27(14-16-39)25-3-7-28(8-4-25)32-11-12-34(47)43-36(32)48/h3-10,22,27,30-32,42H,11-21,23-24H2,1-2H3,(H,43,47,48)/t30-,31+,32?/m1/s1. The first-order valence-electron chi connectivity index (χ1n) is 18.1. The van der Waals surface area contributed by atoms with E-state index in [-0.39, 0.29) is 35.2 Å². The zero-order valence-corrected chi connectivity index (χ0v) is 30.6. The largest absolute Gasteiger partial charge is 0.379 e. The zero-order valence-electron chi connectivity index (χ0n) is 29.0. The predicted octanol–water partition coefficient (Wildman–Crippen LogP) is 5.54. The molecule has 10 nitrogen and oxygen atoms in total. The topological polar surface area (TPSA) is 117 Å². The molecule has 1 saturated carbocycles. The molecular formula is C39H47BrN6O4. The van der Waals surface area contributed by atoms with Crippen molar-refractivity contribution in [2.75, 3.05) is 38.5 Å². The van der Waals surface area contributed by atoms with Gasteiger partial charge in [0.05, 0.1) is 17.8 Å². The molecule has 3 aromatic rings. The highest BCUT2D eigenvalue weighted by Crippen LogP contribution is 2.49. The van der Waals surface area contributed by atoms with Gasteiger partial charge in [-0.1, -0.05) is 36.4 Å². The maximum atomic E-state index is 13.6. The van der Waals surface area contributed by atoms with Gasteiger partial charge in [0, 0.05) is 51.3 Å². The highest BCUT2D eigenvalue weighted by atomic mass is 79.9. The summed E-state index contributed by atoms with van der Waals surface area (Å²) in [6.45, 7) is 3.41. The van der Waals surface area contributed by atoms with Gasteiger partial charge in [-0.15, -0.1) is 0 Å². The van der Waals surface area contributed by atoms with Crippen molar-refractivity contribution in [3.63, 3.8) is 0 Å². The fourth-order valence-corrected chi connectivity index (χ4v) is 9.31. The molecule has 4 fully saturated rings. The summed E-state index contributed by atoms with van der Waals surface area (Å²) in [6.07, 6.45) is 10.4. The van der Waals surface area contributed by atoms with Gasteiger partial charge in [0.15, 0.2) is 0 Å². The molecule has 1 unspecified atom stereocenters. The molecule has 2 aromatic carbocycles. The summed E-state index contributed by atoms with van der Waals surface area (Å²) < 4.78 is 1.81. The number of likely N-dealkylation sites (N-methyl/N-ethyl adjacent to an activating group) is 1. The second-order valence-corrected chi connectivity index (χ2v) is 15.9. The number of hydrogen-bond acceptors (Lipinski definition) is 7. The van der Waals surface area contributed by atoms with Gasteiger partial charge in [-0.25, -0.2) is 4.68 Å². The van der Waals surface area contributed by atoms with Crippen LogP contribution in [0.4, 0.5) is 5.69 Å². The number of aromatic nitrogens is 2. The van der Waals surface area contributed by atoms with E-state index in [1.54, 1.807) is 13.2 Å². The number of aryl methyl sites for hydroxylation is 1. The van der Waals surface area contributed by atoms with Crippen LogP contribution in [0.25, 0.3) is 0 Å². The molecule has 2 N–H and O–H groups in total. The van der Waals surface area contributed by atoms with Crippen molar-refractivity contribution in [3.05, 3.63) is 91.8 Å². The summed E-state index contributed by atoms with van der Waals surface area (Å²) in [5.74, 6) is 0.356. The summed E-state index contributed by atoms with van der Waals surface area (Å²) in [4.78, 5) is 54.1. The van der Waals surface area contributed by atoms with Gasteiger partial charge in [-0.3, -0.25) is 24.5 Å². The van der Waals surface area contributed by atoms with E-state index in [4.69, 9.17) is 0 Å². The third-order valence-corrected chi connectivity index (χ3v) is 12.7. The number of halogens is 1. The van der Waals surface area contributed by atoms with E-state index in [1.165, 1.54) is 28.7 Å². The third-order valence-electron chi connectivity index (χ3n) is 11.9. The second kappa shape index (κ2) is 14.4. The molecule has 4 heterocycles. The summed E-state index contributed by atoms with van der Waals surface area (Å²) in [5.41, 5.74) is 5.17. The Balaban J connectivity index is 0.901. The van der Waals surface area contributed by atoms with Crippen molar-refractivity contribution in [3.8, 4) is 0 Å². The Morgan fingerprint density at radius 1 is 0.860 bits per heavy atom. The van der Waals surface area contributed by atoms with Crippen LogP contribution in [0.15, 0.2) is 64.0 Å². The van der Waals surface area contributed by atoms with E-state index in [2.05, 4.69) is 80.0 Å². The number of anilines is 1. The van der Waals surface area contributed by atoms with Crippen LogP contribution in [0.1, 0.15) is 103 Å². The maximum Gasteiger partial charge on any atom is 0.282 e. The number of likely N-dealkylation sites (tertiary alicyclic amines) is 2. The SMILES string of the molecule is CN1C[C@@H](Nc2cnn(C)c(=O)c2Br)C[C@@H](c2ccc(C(=O)N3CCC4(CCC(c5ccc(C6CCC(=O)NC6=O)cc5)CC4)CC3)cc2)C1. The molecule has 3 amide bonds. The molecule has 11 heteroatoms. The Morgan fingerprint density at radius 3 is 2.18 bits per heavy atom. The molecule has 264 valence electrons. The first-order valence-corrected chi connectivity index (χ1v) is 18.9. The van der Waals surface area contributed by atoms with Crippen molar-refractivity contribution in [2.24, 2.45) is 12.5 Å². The van der Waals surface area contributed by atoms with Crippen molar-refractivity contribution in [1.29, 1.82) is 0 Å². The number of rotatable bonds is 6. The maximum absolute atomic E-state index is 13.6. The number of amides is 3. The van der Waals surface area contributed by atoms with E-state index in [1.807, 2.05) is 17.0 Å². The fraction of sp³-hybridized carbons (Fsp3) is 0.513. The summed E-state index contributed by atoms with van der Waals surface area (Å²) in [6, 6.07) is 16.9. The molecule has 50 heavy (non-hydrogen) atoms. The summed E-state index contributed by atoms with van der Waals surface area (Å²) in [5, 5.41) is 10.2. The highest BCUT2D eigenvalue weighted by molar-refractivity contribution is 9.10. The average Bonchev–Trinajstić information content (AvgIpc) is 3.12. The molecule has 3 aliphatic heterocycles. The van der Waals surface area contributed by atoms with E-state index < -0.39 is 0 Å². The Hall–Kier alpha value is -3.83. The smallest absolute Gasteiger partial charge is 0.282 e. The lowest BCUT2D eigenvalue weighted by atomic mass is 9.64. The molecule has 4 aliphatic rings. The second-order valence-electron chi connectivity index (χ2n) is 15.2. The highest BCUT2D eigenvalue weighted by Gasteiger charge is 2.39. The van der Waals surface area contributed by atoms with E-state index >= 15 is 0 Å². The van der Waals surface area contributed by atoms with Gasteiger partial charge < -0.3 is 15.1 Å². The van der Waals surface area contributed by atoms with E-state index in [0.717, 1.165) is 69.4 Å². The number of imide groups is 1. The minimum absolute atomic E-state index is 0.125. The monoisotopic (exact) mass is 742 g/mol. The van der Waals surface area contributed by atoms with Crippen LogP contribution in [0, 0.1) is 5.41 Å². The lowest BCUT2D eigenvalue weighted by molar-refractivity contribution is -0.134.